The summed E-state index contributed by atoms with van der Waals surface area (Å²) in [7, 11) is 0. The molecule has 3 N–H and O–H groups in total. The number of nitrogen functional groups attached to an aromatic ring is 1. The van der Waals surface area contributed by atoms with E-state index >= 15 is 0 Å². The molecule has 98 valence electrons. The van der Waals surface area contributed by atoms with Crippen LogP contribution in [0.3, 0.4) is 0 Å². The molecule has 0 bridgehead atoms. The predicted molar refractivity (Wildman–Crippen MR) is 68.8 cm³/mol. The molecule has 1 aliphatic rings. The highest BCUT2D eigenvalue weighted by molar-refractivity contribution is 6.00. The lowest BCUT2D eigenvalue weighted by atomic mass is 10.1. The van der Waals surface area contributed by atoms with Crippen molar-refractivity contribution in [1.82, 2.24) is 5.32 Å². The second-order valence-corrected chi connectivity index (χ2v) is 4.28. The molecule has 1 heterocycles. The molecule has 0 atom stereocenters. The van der Waals surface area contributed by atoms with E-state index in [1.54, 1.807) is 12.1 Å². The molecule has 1 aromatic rings. The van der Waals surface area contributed by atoms with E-state index in [0.717, 1.165) is 12.8 Å². The van der Waals surface area contributed by atoms with Gasteiger partial charge in [-0.15, -0.1) is 0 Å². The molecule has 5 heteroatoms. The van der Waals surface area contributed by atoms with Crippen LogP contribution in [0.5, 0.6) is 11.5 Å². The highest BCUT2D eigenvalue weighted by Gasteiger charge is 2.20. The van der Waals surface area contributed by atoms with Gasteiger partial charge in [0.15, 0.2) is 11.5 Å². The Kier molecular flexibility index (Phi) is 3.60. The van der Waals surface area contributed by atoms with Crippen LogP contribution in [0.25, 0.3) is 0 Å². The fourth-order valence-corrected chi connectivity index (χ4v) is 1.91. The summed E-state index contributed by atoms with van der Waals surface area (Å²) in [4.78, 5) is 12.1. The number of hydrogen-bond donors (Lipinski definition) is 2. The quantitative estimate of drug-likeness (QED) is 0.801. The Morgan fingerprint density at radius 2 is 1.94 bits per heavy atom. The number of nitrogens with two attached hydrogens (primary N) is 1. The van der Waals surface area contributed by atoms with Gasteiger partial charge in [0.25, 0.3) is 5.91 Å². The molecule has 0 unspecified atom stereocenters. The van der Waals surface area contributed by atoms with E-state index in [9.17, 15) is 4.79 Å². The van der Waals surface area contributed by atoms with E-state index in [-0.39, 0.29) is 18.7 Å². The van der Waals surface area contributed by atoms with E-state index in [1.165, 1.54) is 0 Å². The highest BCUT2D eigenvalue weighted by Crippen LogP contribution is 2.35. The van der Waals surface area contributed by atoms with Crippen molar-refractivity contribution in [2.24, 2.45) is 0 Å². The summed E-state index contributed by atoms with van der Waals surface area (Å²) >= 11 is 0. The van der Waals surface area contributed by atoms with Gasteiger partial charge in [-0.25, -0.2) is 0 Å². The topological polar surface area (TPSA) is 73.6 Å². The predicted octanol–water partition coefficient (Wildman–Crippen LogP) is 1.92. The summed E-state index contributed by atoms with van der Waals surface area (Å²) in [5, 5.41) is 2.95. The van der Waals surface area contributed by atoms with Gasteiger partial charge in [-0.05, 0) is 18.9 Å². The minimum absolute atomic E-state index is 0.167. The van der Waals surface area contributed by atoms with Crippen LogP contribution >= 0.6 is 0 Å². The molecule has 0 aliphatic carbocycles. The first-order valence-electron chi connectivity index (χ1n) is 6.15. The fourth-order valence-electron chi connectivity index (χ4n) is 1.91. The Morgan fingerprint density at radius 3 is 2.56 bits per heavy atom. The molecule has 0 saturated carbocycles. The molecule has 0 saturated heterocycles. The second kappa shape index (κ2) is 5.16. The summed E-state index contributed by atoms with van der Waals surface area (Å²) in [6.07, 6.45) is 1.79. The van der Waals surface area contributed by atoms with Crippen LogP contribution in [-0.2, 0) is 0 Å². The van der Waals surface area contributed by atoms with Crippen LogP contribution in [0.15, 0.2) is 12.1 Å². The Balaban J connectivity index is 2.20. The average molecular weight is 250 g/mol. The van der Waals surface area contributed by atoms with Gasteiger partial charge in [0.05, 0.1) is 5.56 Å². The maximum Gasteiger partial charge on any atom is 0.253 e. The fraction of sp³-hybridized carbons (Fsp3) is 0.462. The molecule has 1 aromatic carbocycles. The maximum atomic E-state index is 12.1. The van der Waals surface area contributed by atoms with Crippen LogP contribution in [-0.4, -0.2) is 18.7 Å². The van der Waals surface area contributed by atoms with Gasteiger partial charge in [0.2, 0.25) is 6.79 Å². The van der Waals surface area contributed by atoms with E-state index in [2.05, 4.69) is 5.32 Å². The molecule has 1 aliphatic heterocycles. The molecule has 18 heavy (non-hydrogen) atoms. The van der Waals surface area contributed by atoms with Crippen molar-refractivity contribution in [3.63, 3.8) is 0 Å². The largest absolute Gasteiger partial charge is 0.454 e. The number of ether oxygens (including phenoxy) is 2. The summed E-state index contributed by atoms with van der Waals surface area (Å²) < 4.78 is 10.4. The number of benzene rings is 1. The summed E-state index contributed by atoms with van der Waals surface area (Å²) in [6, 6.07) is 3.43. The zero-order valence-corrected chi connectivity index (χ0v) is 10.7. The van der Waals surface area contributed by atoms with E-state index in [0.29, 0.717) is 22.7 Å². The lowest BCUT2D eigenvalue weighted by Crippen LogP contribution is -2.34. The third-order valence-electron chi connectivity index (χ3n) is 3.11. The van der Waals surface area contributed by atoms with Crippen molar-refractivity contribution in [2.45, 2.75) is 32.7 Å². The molecular weight excluding hydrogens is 232 g/mol. The van der Waals surface area contributed by atoms with Gasteiger partial charge in [-0.1, -0.05) is 13.8 Å². The van der Waals surface area contributed by atoms with Crippen molar-refractivity contribution < 1.29 is 14.3 Å². The van der Waals surface area contributed by atoms with Crippen LogP contribution in [0.2, 0.25) is 0 Å². The van der Waals surface area contributed by atoms with Gasteiger partial charge >= 0.3 is 0 Å². The lowest BCUT2D eigenvalue weighted by Gasteiger charge is -2.15. The number of amides is 1. The Morgan fingerprint density at radius 1 is 1.33 bits per heavy atom. The molecule has 5 nitrogen and oxygen atoms in total. The number of carbonyl (C=O) groups excluding carboxylic acids is 1. The van der Waals surface area contributed by atoms with Crippen LogP contribution in [0, 0.1) is 0 Å². The minimum Gasteiger partial charge on any atom is -0.454 e. The number of hydrogen-bond acceptors (Lipinski definition) is 4. The number of carbonyl (C=O) groups is 1. The van der Waals surface area contributed by atoms with E-state index in [1.807, 2.05) is 13.8 Å². The number of nitrogens with one attached hydrogen (secondary N) is 1. The summed E-state index contributed by atoms with van der Waals surface area (Å²) in [5.41, 5.74) is 6.70. The SMILES string of the molecule is CCC(CC)NC(=O)c1cc2c(cc1N)OCO2. The first-order chi connectivity index (χ1) is 8.65. The zero-order chi connectivity index (χ0) is 13.1. The number of anilines is 1. The van der Waals surface area contributed by atoms with E-state index in [4.69, 9.17) is 15.2 Å². The highest BCUT2D eigenvalue weighted by atomic mass is 16.7. The minimum atomic E-state index is -0.167. The van der Waals surface area contributed by atoms with Gasteiger partial charge < -0.3 is 20.5 Å². The Hall–Kier alpha value is -1.91. The van der Waals surface area contributed by atoms with Gasteiger partial charge in [-0.2, -0.15) is 0 Å². The van der Waals surface area contributed by atoms with Crippen LogP contribution in [0.1, 0.15) is 37.0 Å². The average Bonchev–Trinajstić information content (AvgIpc) is 2.81. The molecule has 1 amide bonds. The number of rotatable bonds is 4. The summed E-state index contributed by atoms with van der Waals surface area (Å²) in [5.74, 6) is 0.991. The summed E-state index contributed by atoms with van der Waals surface area (Å²) in [6.45, 7) is 4.25. The van der Waals surface area contributed by atoms with Crippen molar-refractivity contribution >= 4 is 11.6 Å². The smallest absolute Gasteiger partial charge is 0.253 e. The van der Waals surface area contributed by atoms with E-state index < -0.39 is 0 Å². The van der Waals surface area contributed by atoms with Gasteiger partial charge in [0, 0.05) is 17.8 Å². The standard InChI is InChI=1S/C13H18N2O3/c1-3-8(4-2)15-13(16)9-5-11-12(6-10(9)14)18-7-17-11/h5-6,8H,3-4,7,14H2,1-2H3,(H,15,16). The molecule has 2 rings (SSSR count). The molecular formula is C13H18N2O3. The normalized spacial score (nSPS) is 12.8. The Labute approximate surface area is 106 Å². The first kappa shape index (κ1) is 12.5. The van der Waals surface area contributed by atoms with Crippen molar-refractivity contribution in [1.29, 1.82) is 0 Å². The van der Waals surface area contributed by atoms with Gasteiger partial charge in [-0.3, -0.25) is 4.79 Å². The molecule has 0 aromatic heterocycles. The van der Waals surface area contributed by atoms with Crippen molar-refractivity contribution in [3.8, 4) is 11.5 Å². The Bertz CT molecular complexity index is 456. The van der Waals surface area contributed by atoms with Crippen LogP contribution in [0.4, 0.5) is 5.69 Å². The van der Waals surface area contributed by atoms with Gasteiger partial charge in [0.1, 0.15) is 0 Å². The lowest BCUT2D eigenvalue weighted by molar-refractivity contribution is 0.0935. The zero-order valence-electron chi connectivity index (χ0n) is 10.7. The molecule has 0 radical (unpaired) electrons. The molecule has 0 fully saturated rings. The van der Waals surface area contributed by atoms with Crippen molar-refractivity contribution in [3.05, 3.63) is 17.7 Å². The molecule has 0 spiro atoms. The monoisotopic (exact) mass is 250 g/mol. The third-order valence-corrected chi connectivity index (χ3v) is 3.11. The van der Waals surface area contributed by atoms with Crippen LogP contribution < -0.4 is 20.5 Å². The second-order valence-electron chi connectivity index (χ2n) is 4.28. The number of fused-ring (bicyclic) bond motifs is 1. The maximum absolute atomic E-state index is 12.1. The third kappa shape index (κ3) is 2.34. The van der Waals surface area contributed by atoms with Crippen molar-refractivity contribution in [2.75, 3.05) is 12.5 Å². The first-order valence-corrected chi connectivity index (χ1v) is 6.15.